The lowest BCUT2D eigenvalue weighted by Crippen LogP contribution is -2.44. The van der Waals surface area contributed by atoms with E-state index < -0.39 is 12.4 Å². The summed E-state index contributed by atoms with van der Waals surface area (Å²) in [7, 11) is -2.85. The SMILES string of the molecule is O=C(c1ccccc1)C(c1ccccc1)(c1ccccc1)[P+](C1C=Cc2ccccc21)(C1C=Cc2ccccc21)C1C=Cc2ccccc21. The minimum Gasteiger partial charge on any atom is -0.289 e. The average Bonchev–Trinajstić information content (AvgIpc) is 3.93. The van der Waals surface area contributed by atoms with Gasteiger partial charge in [0.25, 0.3) is 0 Å². The van der Waals surface area contributed by atoms with Gasteiger partial charge in [0.2, 0.25) is 5.78 Å². The summed E-state index contributed by atoms with van der Waals surface area (Å²) < 4.78 is 0. The van der Waals surface area contributed by atoms with Gasteiger partial charge < -0.3 is 0 Å². The Morgan fingerprint density at radius 1 is 0.408 bits per heavy atom. The van der Waals surface area contributed by atoms with Gasteiger partial charge in [0.15, 0.2) is 5.16 Å². The molecule has 234 valence electrons. The predicted octanol–water partition coefficient (Wildman–Crippen LogP) is 12.1. The Bertz CT molecular complexity index is 2080. The summed E-state index contributed by atoms with van der Waals surface area (Å²) in [4.78, 5) is 16.5. The third-order valence-corrected chi connectivity index (χ3v) is 17.0. The van der Waals surface area contributed by atoms with Crippen molar-refractivity contribution in [2.24, 2.45) is 0 Å². The molecular formula is C47H36OP+. The van der Waals surface area contributed by atoms with Crippen LogP contribution in [0.4, 0.5) is 0 Å². The number of carbonyl (C=O) groups is 1. The Morgan fingerprint density at radius 3 is 1.12 bits per heavy atom. The molecule has 2 heteroatoms. The second kappa shape index (κ2) is 12.0. The van der Waals surface area contributed by atoms with Crippen LogP contribution in [0.2, 0.25) is 0 Å². The highest BCUT2D eigenvalue weighted by Gasteiger charge is 2.75. The highest BCUT2D eigenvalue weighted by molar-refractivity contribution is 7.79. The first kappa shape index (κ1) is 29.8. The van der Waals surface area contributed by atoms with Crippen molar-refractivity contribution < 1.29 is 4.79 Å². The molecule has 0 radical (unpaired) electrons. The van der Waals surface area contributed by atoms with Crippen molar-refractivity contribution in [3.63, 3.8) is 0 Å². The monoisotopic (exact) mass is 647 g/mol. The van der Waals surface area contributed by atoms with E-state index in [2.05, 4.69) is 170 Å². The fourth-order valence-electron chi connectivity index (χ4n) is 9.16. The third-order valence-electron chi connectivity index (χ3n) is 11.0. The van der Waals surface area contributed by atoms with Crippen LogP contribution in [-0.2, 0) is 5.16 Å². The molecule has 9 rings (SSSR count). The van der Waals surface area contributed by atoms with E-state index in [-0.39, 0.29) is 22.8 Å². The Hall–Kier alpha value is -5.36. The number of rotatable bonds is 8. The van der Waals surface area contributed by atoms with Crippen molar-refractivity contribution >= 4 is 31.3 Å². The van der Waals surface area contributed by atoms with Gasteiger partial charge in [-0.3, -0.25) is 4.79 Å². The Balaban J connectivity index is 1.53. The minimum absolute atomic E-state index is 0.0154. The molecule has 6 aromatic rings. The number of carbonyl (C=O) groups excluding carboxylic acids is 1. The fraction of sp³-hybridized carbons (Fsp3) is 0.0851. The molecule has 0 fully saturated rings. The molecule has 0 heterocycles. The molecule has 1 nitrogen and oxygen atoms in total. The zero-order chi connectivity index (χ0) is 32.8. The maximum atomic E-state index is 16.5. The van der Waals surface area contributed by atoms with Gasteiger partial charge in [-0.2, -0.15) is 0 Å². The van der Waals surface area contributed by atoms with Crippen LogP contribution in [0.5, 0.6) is 0 Å². The van der Waals surface area contributed by atoms with E-state index >= 15 is 4.79 Å². The lowest BCUT2D eigenvalue weighted by atomic mass is 9.83. The largest absolute Gasteiger partial charge is 0.289 e. The third kappa shape index (κ3) is 4.32. The fourth-order valence-corrected chi connectivity index (χ4v) is 16.3. The van der Waals surface area contributed by atoms with Gasteiger partial charge in [0.05, 0.1) is 7.26 Å². The van der Waals surface area contributed by atoms with Crippen molar-refractivity contribution in [2.75, 3.05) is 0 Å². The summed E-state index contributed by atoms with van der Waals surface area (Å²) >= 11 is 0. The van der Waals surface area contributed by atoms with Crippen LogP contribution in [0, 0.1) is 0 Å². The van der Waals surface area contributed by atoms with Crippen LogP contribution >= 0.6 is 7.26 Å². The van der Waals surface area contributed by atoms with Crippen molar-refractivity contribution in [2.45, 2.75) is 22.1 Å². The summed E-state index contributed by atoms with van der Waals surface area (Å²) in [6.45, 7) is 0. The number of ketones is 1. The summed E-state index contributed by atoms with van der Waals surface area (Å²) in [5.41, 5.74) is 10.4. The standard InChI is InChI=1S/C47H36OP/c48-46(37-19-4-1-5-20-37)47(38-21-6-2-7-22-38,39-23-8-3-9-24-39)49(43-31-28-34-16-10-13-25-40(34)43,44-32-29-35-17-11-14-26-41(35)44)45-33-30-36-18-12-15-27-42(36)45/h1-33,43-45H/q+1. The van der Waals surface area contributed by atoms with Gasteiger partial charge in [0, 0.05) is 33.4 Å². The van der Waals surface area contributed by atoms with E-state index in [9.17, 15) is 0 Å². The van der Waals surface area contributed by atoms with Crippen molar-refractivity contribution in [3.05, 3.63) is 232 Å². The molecule has 3 aliphatic rings. The lowest BCUT2D eigenvalue weighted by molar-refractivity contribution is 0.0954. The van der Waals surface area contributed by atoms with Gasteiger partial charge in [-0.25, -0.2) is 0 Å². The lowest BCUT2D eigenvalue weighted by Gasteiger charge is -2.53. The molecule has 0 saturated carbocycles. The molecule has 0 aliphatic heterocycles. The van der Waals surface area contributed by atoms with Crippen molar-refractivity contribution in [1.82, 2.24) is 0 Å². The van der Waals surface area contributed by atoms with Crippen LogP contribution in [-0.4, -0.2) is 5.78 Å². The maximum Gasteiger partial charge on any atom is 0.215 e. The predicted molar refractivity (Wildman–Crippen MR) is 206 cm³/mol. The number of hydrogen-bond acceptors (Lipinski definition) is 1. The molecular weight excluding hydrogens is 611 g/mol. The molecule has 6 aromatic carbocycles. The molecule has 3 unspecified atom stereocenters. The van der Waals surface area contributed by atoms with Crippen molar-refractivity contribution in [1.29, 1.82) is 0 Å². The van der Waals surface area contributed by atoms with E-state index in [1.54, 1.807) is 0 Å². The zero-order valence-corrected chi connectivity index (χ0v) is 28.0. The normalized spacial score (nSPS) is 19.6. The van der Waals surface area contributed by atoms with Crippen LogP contribution in [0.1, 0.15) is 71.8 Å². The summed E-state index contributed by atoms with van der Waals surface area (Å²) in [5.74, 6) is 0.159. The summed E-state index contributed by atoms with van der Waals surface area (Å²) in [6, 6.07) is 58.2. The van der Waals surface area contributed by atoms with Gasteiger partial charge in [-0.15, -0.1) is 0 Å². The highest BCUT2D eigenvalue weighted by atomic mass is 31.2. The zero-order valence-electron chi connectivity index (χ0n) is 27.1. The van der Waals surface area contributed by atoms with Gasteiger partial charge in [-0.1, -0.05) is 182 Å². The molecule has 0 N–H and O–H groups in total. The first-order valence-corrected chi connectivity index (χ1v) is 19.1. The van der Waals surface area contributed by atoms with E-state index in [1.807, 2.05) is 30.3 Å². The first-order chi connectivity index (χ1) is 24.2. The quantitative estimate of drug-likeness (QED) is 0.119. The average molecular weight is 648 g/mol. The van der Waals surface area contributed by atoms with Gasteiger partial charge in [-0.05, 0) is 34.9 Å². The smallest absolute Gasteiger partial charge is 0.215 e. The molecule has 0 bridgehead atoms. The van der Waals surface area contributed by atoms with E-state index in [0.29, 0.717) is 0 Å². The minimum atomic E-state index is -2.85. The van der Waals surface area contributed by atoms with Crippen molar-refractivity contribution in [3.8, 4) is 0 Å². The second-order valence-corrected chi connectivity index (χ2v) is 17.3. The Labute approximate surface area is 289 Å². The van der Waals surface area contributed by atoms with Gasteiger partial charge >= 0.3 is 0 Å². The van der Waals surface area contributed by atoms with Crippen LogP contribution in [0.3, 0.4) is 0 Å². The molecule has 0 saturated heterocycles. The number of Topliss-reactive ketones (excluding diaryl/α,β-unsaturated/α-hetero) is 1. The molecule has 49 heavy (non-hydrogen) atoms. The molecule has 0 amide bonds. The van der Waals surface area contributed by atoms with E-state index in [0.717, 1.165) is 16.7 Å². The first-order valence-electron chi connectivity index (χ1n) is 17.1. The Morgan fingerprint density at radius 2 is 0.735 bits per heavy atom. The van der Waals surface area contributed by atoms with Crippen LogP contribution in [0.15, 0.2) is 182 Å². The molecule has 0 spiro atoms. The number of fused-ring (bicyclic) bond motifs is 3. The Kier molecular flexibility index (Phi) is 7.26. The second-order valence-electron chi connectivity index (χ2n) is 13.3. The van der Waals surface area contributed by atoms with Crippen LogP contribution < -0.4 is 0 Å². The topological polar surface area (TPSA) is 17.1 Å². The summed E-state index contributed by atoms with van der Waals surface area (Å²) in [5, 5.41) is -1.04. The summed E-state index contributed by atoms with van der Waals surface area (Å²) in [6.07, 6.45) is 14.3. The van der Waals surface area contributed by atoms with E-state index in [4.69, 9.17) is 0 Å². The van der Waals surface area contributed by atoms with Gasteiger partial charge in [0.1, 0.15) is 17.0 Å². The molecule has 0 aromatic heterocycles. The van der Waals surface area contributed by atoms with E-state index in [1.165, 1.54) is 33.4 Å². The number of hydrogen-bond donors (Lipinski definition) is 0. The maximum absolute atomic E-state index is 16.5. The highest BCUT2D eigenvalue weighted by Crippen LogP contribution is 2.97. The molecule has 3 atom stereocenters. The number of allylic oxidation sites excluding steroid dienone is 3. The number of benzene rings is 6. The van der Waals surface area contributed by atoms with Crippen LogP contribution in [0.25, 0.3) is 18.2 Å². The molecule has 3 aliphatic carbocycles.